The molecule has 2 N–H and O–H groups in total. The van der Waals surface area contributed by atoms with E-state index in [0.29, 0.717) is 5.52 Å². The molecule has 0 amide bonds. The van der Waals surface area contributed by atoms with Gasteiger partial charge in [-0.15, -0.1) is 0 Å². The third-order valence-electron chi connectivity index (χ3n) is 2.23. The minimum absolute atomic E-state index is 0.250. The summed E-state index contributed by atoms with van der Waals surface area (Å²) in [6.45, 7) is 1.67. The van der Waals surface area contributed by atoms with Gasteiger partial charge < -0.3 is 9.72 Å². The van der Waals surface area contributed by atoms with Crippen LogP contribution in [0.5, 0.6) is 5.75 Å². The van der Waals surface area contributed by atoms with Crippen molar-refractivity contribution in [2.75, 3.05) is 0 Å². The second-order valence-corrected chi connectivity index (χ2v) is 3.44. The molecule has 17 heavy (non-hydrogen) atoms. The molecule has 88 valence electrons. The molecule has 0 aliphatic heterocycles. The Balaban J connectivity index is 2.54. The molecule has 1 aromatic heterocycles. The molecule has 6 nitrogen and oxygen atoms in total. The Morgan fingerprint density at radius 3 is 2.76 bits per heavy atom. The van der Waals surface area contributed by atoms with E-state index >= 15 is 0 Å². The summed E-state index contributed by atoms with van der Waals surface area (Å²) in [6.07, 6.45) is 0.250. The molecule has 1 heterocycles. The maximum atomic E-state index is 11.5. The summed E-state index contributed by atoms with van der Waals surface area (Å²) in [5.74, 6) is -0.105. The zero-order valence-electron chi connectivity index (χ0n) is 9.07. The summed E-state index contributed by atoms with van der Waals surface area (Å²) < 4.78 is 4.97. The van der Waals surface area contributed by atoms with E-state index in [4.69, 9.17) is 4.74 Å². The molecule has 0 aliphatic carbocycles. The predicted molar refractivity (Wildman–Crippen MR) is 61.1 cm³/mol. The first kappa shape index (κ1) is 11.1. The van der Waals surface area contributed by atoms with E-state index in [9.17, 15) is 14.4 Å². The lowest BCUT2D eigenvalue weighted by atomic mass is 10.2. The van der Waals surface area contributed by atoms with Crippen molar-refractivity contribution in [1.29, 1.82) is 0 Å². The van der Waals surface area contributed by atoms with Crippen LogP contribution in [0.25, 0.3) is 10.9 Å². The Morgan fingerprint density at radius 1 is 1.29 bits per heavy atom. The molecule has 2 aromatic rings. The van der Waals surface area contributed by atoms with Gasteiger partial charge in [0.2, 0.25) is 0 Å². The molecule has 0 radical (unpaired) electrons. The highest BCUT2D eigenvalue weighted by molar-refractivity contribution is 5.80. The molecule has 6 heteroatoms. The van der Waals surface area contributed by atoms with Crippen molar-refractivity contribution in [3.8, 4) is 5.75 Å². The number of ether oxygens (including phenoxy) is 1. The fraction of sp³-hybridized carbons (Fsp3) is 0.182. The number of esters is 1. The lowest BCUT2D eigenvalue weighted by Gasteiger charge is -2.03. The monoisotopic (exact) mass is 234 g/mol. The van der Waals surface area contributed by atoms with Crippen LogP contribution < -0.4 is 16.0 Å². The molecule has 0 saturated heterocycles. The Hall–Kier alpha value is -2.37. The van der Waals surface area contributed by atoms with Gasteiger partial charge in [-0.1, -0.05) is 6.92 Å². The number of rotatable bonds is 2. The summed E-state index contributed by atoms with van der Waals surface area (Å²) in [7, 11) is 0. The molecular formula is C11H10N2O4. The Morgan fingerprint density at radius 2 is 2.06 bits per heavy atom. The summed E-state index contributed by atoms with van der Waals surface area (Å²) >= 11 is 0. The summed E-state index contributed by atoms with van der Waals surface area (Å²) in [6, 6.07) is 4.45. The molecule has 0 spiro atoms. The largest absolute Gasteiger partial charge is 0.427 e. The van der Waals surface area contributed by atoms with Gasteiger partial charge in [0.15, 0.2) is 0 Å². The van der Waals surface area contributed by atoms with Crippen LogP contribution in [0.1, 0.15) is 13.3 Å². The van der Waals surface area contributed by atoms with Crippen LogP contribution in [0, 0.1) is 0 Å². The van der Waals surface area contributed by atoms with Gasteiger partial charge >= 0.3 is 11.7 Å². The number of H-pyrrole nitrogens is 2. The van der Waals surface area contributed by atoms with Crippen molar-refractivity contribution in [2.24, 2.45) is 0 Å². The van der Waals surface area contributed by atoms with E-state index in [1.165, 1.54) is 18.2 Å². The van der Waals surface area contributed by atoms with Crippen LogP contribution in [-0.4, -0.2) is 15.9 Å². The number of nitrogens with one attached hydrogen (secondary N) is 2. The number of aromatic nitrogens is 2. The Kier molecular flexibility index (Phi) is 2.78. The fourth-order valence-corrected chi connectivity index (χ4v) is 1.41. The summed E-state index contributed by atoms with van der Waals surface area (Å²) in [4.78, 5) is 38.2. The third-order valence-corrected chi connectivity index (χ3v) is 2.23. The predicted octanol–water partition coefficient (Wildman–Crippen LogP) is 0.532. The topological polar surface area (TPSA) is 92.0 Å². The quantitative estimate of drug-likeness (QED) is 0.585. The lowest BCUT2D eigenvalue weighted by Crippen LogP contribution is -2.21. The second kappa shape index (κ2) is 4.25. The van der Waals surface area contributed by atoms with E-state index in [1.807, 2.05) is 0 Å². The molecule has 0 aliphatic rings. The SMILES string of the molecule is CCC(=O)Oc1ccc2[nH]c(=O)[nH]c(=O)c2c1. The van der Waals surface area contributed by atoms with Gasteiger partial charge in [-0.25, -0.2) is 4.79 Å². The van der Waals surface area contributed by atoms with Crippen LogP contribution in [0.3, 0.4) is 0 Å². The van der Waals surface area contributed by atoms with Crippen molar-refractivity contribution >= 4 is 16.9 Å². The minimum atomic E-state index is -0.569. The average Bonchev–Trinajstić information content (AvgIpc) is 2.29. The van der Waals surface area contributed by atoms with Crippen LogP contribution in [-0.2, 0) is 4.79 Å². The van der Waals surface area contributed by atoms with Gasteiger partial charge in [-0.3, -0.25) is 14.6 Å². The number of hydrogen-bond donors (Lipinski definition) is 2. The average molecular weight is 234 g/mol. The smallest absolute Gasteiger partial charge is 0.326 e. The fourth-order valence-electron chi connectivity index (χ4n) is 1.41. The number of hydrogen-bond acceptors (Lipinski definition) is 4. The Bertz CT molecular complexity index is 684. The van der Waals surface area contributed by atoms with Crippen molar-refractivity contribution in [2.45, 2.75) is 13.3 Å². The van der Waals surface area contributed by atoms with Gasteiger partial charge in [0.05, 0.1) is 10.9 Å². The molecule has 0 fully saturated rings. The Labute approximate surface area is 95.2 Å². The zero-order chi connectivity index (χ0) is 12.4. The van der Waals surface area contributed by atoms with Gasteiger partial charge in [0.1, 0.15) is 5.75 Å². The van der Waals surface area contributed by atoms with E-state index in [2.05, 4.69) is 9.97 Å². The maximum absolute atomic E-state index is 11.5. The number of carbonyl (C=O) groups is 1. The van der Waals surface area contributed by atoms with Crippen LogP contribution in [0.2, 0.25) is 0 Å². The second-order valence-electron chi connectivity index (χ2n) is 3.44. The number of aromatic amines is 2. The van der Waals surface area contributed by atoms with Gasteiger partial charge in [0, 0.05) is 6.42 Å². The highest BCUT2D eigenvalue weighted by Crippen LogP contribution is 2.16. The zero-order valence-corrected chi connectivity index (χ0v) is 9.07. The van der Waals surface area contributed by atoms with E-state index in [-0.39, 0.29) is 23.5 Å². The molecule has 0 saturated carbocycles. The van der Waals surface area contributed by atoms with E-state index in [1.54, 1.807) is 6.92 Å². The maximum Gasteiger partial charge on any atom is 0.326 e. The van der Waals surface area contributed by atoms with Crippen molar-refractivity contribution in [3.05, 3.63) is 39.0 Å². The summed E-state index contributed by atoms with van der Waals surface area (Å²) in [5.41, 5.74) is -0.686. The summed E-state index contributed by atoms with van der Waals surface area (Å²) in [5, 5.41) is 0.269. The normalized spacial score (nSPS) is 10.4. The van der Waals surface area contributed by atoms with Gasteiger partial charge in [-0.05, 0) is 18.2 Å². The standard InChI is InChI=1S/C11H10N2O4/c1-2-9(14)17-6-3-4-8-7(5-6)10(15)13-11(16)12-8/h3-5H,2H2,1H3,(H2,12,13,15,16). The minimum Gasteiger partial charge on any atom is -0.427 e. The van der Waals surface area contributed by atoms with Crippen molar-refractivity contribution in [3.63, 3.8) is 0 Å². The molecular weight excluding hydrogens is 224 g/mol. The number of fused-ring (bicyclic) bond motifs is 1. The van der Waals surface area contributed by atoms with E-state index < -0.39 is 11.2 Å². The van der Waals surface area contributed by atoms with Gasteiger partial charge in [-0.2, -0.15) is 0 Å². The van der Waals surface area contributed by atoms with Crippen molar-refractivity contribution in [1.82, 2.24) is 9.97 Å². The van der Waals surface area contributed by atoms with Crippen LogP contribution >= 0.6 is 0 Å². The molecule has 0 bridgehead atoms. The van der Waals surface area contributed by atoms with E-state index in [0.717, 1.165) is 0 Å². The highest BCUT2D eigenvalue weighted by atomic mass is 16.5. The number of benzene rings is 1. The first-order valence-corrected chi connectivity index (χ1v) is 5.07. The number of carbonyl (C=O) groups excluding carboxylic acids is 1. The van der Waals surface area contributed by atoms with Crippen LogP contribution in [0.15, 0.2) is 27.8 Å². The highest BCUT2D eigenvalue weighted by Gasteiger charge is 2.05. The molecule has 0 atom stereocenters. The van der Waals surface area contributed by atoms with Gasteiger partial charge in [0.25, 0.3) is 5.56 Å². The lowest BCUT2D eigenvalue weighted by molar-refractivity contribution is -0.134. The third kappa shape index (κ3) is 2.25. The van der Waals surface area contributed by atoms with Crippen molar-refractivity contribution < 1.29 is 9.53 Å². The molecule has 2 rings (SSSR count). The first-order valence-electron chi connectivity index (χ1n) is 5.07. The first-order chi connectivity index (χ1) is 8.10. The molecule has 0 unspecified atom stereocenters. The molecule has 1 aromatic carbocycles. The van der Waals surface area contributed by atoms with Crippen LogP contribution in [0.4, 0.5) is 0 Å².